The van der Waals surface area contributed by atoms with Crippen LogP contribution < -0.4 is 15.4 Å². The van der Waals surface area contributed by atoms with Crippen molar-refractivity contribution in [3.05, 3.63) is 53.8 Å². The van der Waals surface area contributed by atoms with Crippen LogP contribution in [0.1, 0.15) is 5.56 Å². The molecule has 20 heavy (non-hydrogen) atoms. The number of hydrogen-bond acceptors (Lipinski definition) is 2. The molecule has 0 bridgehead atoms. The van der Waals surface area contributed by atoms with Gasteiger partial charge in [0.2, 0.25) is 0 Å². The number of urea groups is 1. The zero-order valence-electron chi connectivity index (χ0n) is 11.2. The van der Waals surface area contributed by atoms with Gasteiger partial charge in [-0.25, -0.2) is 9.18 Å². The standard InChI is InChI=1S/C15H15FN2O2/c1-10-3-4-12(9-14(10)16)18-15(19)17-11-5-7-13(20-2)8-6-11/h3-9H,1-2H3,(H2,17,18,19). The minimum absolute atomic E-state index is 0.354. The number of nitrogens with one attached hydrogen (secondary N) is 2. The molecule has 0 aliphatic rings. The fourth-order valence-electron chi connectivity index (χ4n) is 1.64. The van der Waals surface area contributed by atoms with E-state index in [0.717, 1.165) is 0 Å². The number of carbonyl (C=O) groups is 1. The van der Waals surface area contributed by atoms with Crippen molar-refractivity contribution in [1.82, 2.24) is 0 Å². The molecule has 0 aromatic heterocycles. The smallest absolute Gasteiger partial charge is 0.323 e. The normalized spacial score (nSPS) is 9.95. The number of benzene rings is 2. The highest BCUT2D eigenvalue weighted by Gasteiger charge is 2.05. The van der Waals surface area contributed by atoms with Gasteiger partial charge in [0, 0.05) is 11.4 Å². The molecule has 0 radical (unpaired) electrons. The van der Waals surface area contributed by atoms with Gasteiger partial charge in [-0.1, -0.05) is 6.07 Å². The van der Waals surface area contributed by atoms with Crippen LogP contribution in [0.2, 0.25) is 0 Å². The van der Waals surface area contributed by atoms with Crippen LogP contribution in [0, 0.1) is 12.7 Å². The van der Waals surface area contributed by atoms with Crippen molar-refractivity contribution in [3.63, 3.8) is 0 Å². The van der Waals surface area contributed by atoms with Crippen molar-refractivity contribution in [3.8, 4) is 5.75 Å². The average molecular weight is 274 g/mol. The third-order valence-electron chi connectivity index (χ3n) is 2.78. The topological polar surface area (TPSA) is 50.4 Å². The van der Waals surface area contributed by atoms with Crippen LogP contribution >= 0.6 is 0 Å². The SMILES string of the molecule is COc1ccc(NC(=O)Nc2ccc(C)c(F)c2)cc1. The van der Waals surface area contributed by atoms with E-state index in [1.807, 2.05) is 0 Å². The van der Waals surface area contributed by atoms with Crippen LogP contribution in [-0.4, -0.2) is 13.1 Å². The van der Waals surface area contributed by atoms with E-state index in [0.29, 0.717) is 22.7 Å². The van der Waals surface area contributed by atoms with Gasteiger partial charge in [-0.05, 0) is 48.9 Å². The Bertz CT molecular complexity index is 612. The number of ether oxygens (including phenoxy) is 1. The van der Waals surface area contributed by atoms with Gasteiger partial charge in [0.05, 0.1) is 7.11 Å². The Morgan fingerprint density at radius 2 is 1.65 bits per heavy atom. The van der Waals surface area contributed by atoms with Gasteiger partial charge in [-0.15, -0.1) is 0 Å². The lowest BCUT2D eigenvalue weighted by molar-refractivity contribution is 0.262. The minimum Gasteiger partial charge on any atom is -0.497 e. The summed E-state index contributed by atoms with van der Waals surface area (Å²) in [6, 6.07) is 11.0. The molecule has 2 aromatic carbocycles. The van der Waals surface area contributed by atoms with E-state index < -0.39 is 6.03 Å². The molecule has 0 saturated heterocycles. The van der Waals surface area contributed by atoms with Gasteiger partial charge in [-0.2, -0.15) is 0 Å². The third-order valence-corrected chi connectivity index (χ3v) is 2.78. The van der Waals surface area contributed by atoms with Gasteiger partial charge >= 0.3 is 6.03 Å². The van der Waals surface area contributed by atoms with E-state index in [-0.39, 0.29) is 5.82 Å². The van der Waals surface area contributed by atoms with E-state index in [2.05, 4.69) is 10.6 Å². The summed E-state index contributed by atoms with van der Waals surface area (Å²) in [5.74, 6) is 0.351. The van der Waals surface area contributed by atoms with E-state index in [4.69, 9.17) is 4.74 Å². The van der Waals surface area contributed by atoms with Gasteiger partial charge < -0.3 is 15.4 Å². The maximum absolute atomic E-state index is 13.4. The summed E-state index contributed by atoms with van der Waals surface area (Å²) in [6.07, 6.45) is 0. The van der Waals surface area contributed by atoms with Crippen molar-refractivity contribution in [2.24, 2.45) is 0 Å². The molecule has 104 valence electrons. The maximum atomic E-state index is 13.4. The highest BCUT2D eigenvalue weighted by atomic mass is 19.1. The van der Waals surface area contributed by atoms with E-state index in [9.17, 15) is 9.18 Å². The lowest BCUT2D eigenvalue weighted by Gasteiger charge is -2.09. The average Bonchev–Trinajstić information content (AvgIpc) is 2.44. The molecular formula is C15H15FN2O2. The first-order valence-corrected chi connectivity index (χ1v) is 6.06. The second-order valence-corrected chi connectivity index (χ2v) is 4.27. The quantitative estimate of drug-likeness (QED) is 0.894. The van der Waals surface area contributed by atoms with Crippen LogP contribution in [0.4, 0.5) is 20.6 Å². The molecule has 0 aliphatic carbocycles. The predicted molar refractivity (Wildman–Crippen MR) is 76.8 cm³/mol. The summed E-state index contributed by atoms with van der Waals surface area (Å²) in [4.78, 5) is 11.8. The molecule has 0 heterocycles. The third kappa shape index (κ3) is 3.47. The molecule has 4 nitrogen and oxygen atoms in total. The Labute approximate surface area is 116 Å². The minimum atomic E-state index is -0.432. The van der Waals surface area contributed by atoms with Crippen molar-refractivity contribution in [1.29, 1.82) is 0 Å². The molecule has 0 atom stereocenters. The van der Waals surface area contributed by atoms with Gasteiger partial charge in [-0.3, -0.25) is 0 Å². The van der Waals surface area contributed by atoms with Crippen molar-refractivity contribution >= 4 is 17.4 Å². The summed E-state index contributed by atoms with van der Waals surface area (Å²) in [5.41, 5.74) is 1.56. The fraction of sp³-hybridized carbons (Fsp3) is 0.133. The number of methoxy groups -OCH3 is 1. The Kier molecular flexibility index (Phi) is 4.20. The molecule has 0 saturated carbocycles. The Morgan fingerprint density at radius 1 is 1.05 bits per heavy atom. The highest BCUT2D eigenvalue weighted by Crippen LogP contribution is 2.16. The maximum Gasteiger partial charge on any atom is 0.323 e. The van der Waals surface area contributed by atoms with Crippen LogP contribution in [0.25, 0.3) is 0 Å². The molecule has 2 rings (SSSR count). The molecule has 2 aromatic rings. The molecular weight excluding hydrogens is 259 g/mol. The number of halogens is 1. The Morgan fingerprint density at radius 3 is 2.25 bits per heavy atom. The van der Waals surface area contributed by atoms with Crippen LogP contribution in [0.15, 0.2) is 42.5 Å². The molecule has 0 unspecified atom stereocenters. The van der Waals surface area contributed by atoms with Gasteiger partial charge in [0.25, 0.3) is 0 Å². The molecule has 5 heteroatoms. The van der Waals surface area contributed by atoms with E-state index in [1.54, 1.807) is 50.4 Å². The number of hydrogen-bond donors (Lipinski definition) is 2. The van der Waals surface area contributed by atoms with Gasteiger partial charge in [0.15, 0.2) is 0 Å². The zero-order chi connectivity index (χ0) is 14.5. The molecule has 2 N–H and O–H groups in total. The number of anilines is 2. The fourth-order valence-corrected chi connectivity index (χ4v) is 1.64. The van der Waals surface area contributed by atoms with E-state index in [1.165, 1.54) is 6.07 Å². The second-order valence-electron chi connectivity index (χ2n) is 4.27. The molecule has 0 aliphatic heterocycles. The lowest BCUT2D eigenvalue weighted by Crippen LogP contribution is -2.19. The van der Waals surface area contributed by atoms with E-state index >= 15 is 0 Å². The first-order valence-electron chi connectivity index (χ1n) is 6.06. The summed E-state index contributed by atoms with van der Waals surface area (Å²) in [5, 5.41) is 5.21. The number of aryl methyl sites for hydroxylation is 1. The van der Waals surface area contributed by atoms with Crippen molar-refractivity contribution in [2.45, 2.75) is 6.92 Å². The molecule has 2 amide bonds. The first-order chi connectivity index (χ1) is 9.58. The van der Waals surface area contributed by atoms with Crippen LogP contribution in [0.3, 0.4) is 0 Å². The second kappa shape index (κ2) is 6.06. The molecule has 0 spiro atoms. The summed E-state index contributed by atoms with van der Waals surface area (Å²) in [6.45, 7) is 1.66. The summed E-state index contributed by atoms with van der Waals surface area (Å²) < 4.78 is 18.4. The van der Waals surface area contributed by atoms with Crippen molar-refractivity contribution < 1.29 is 13.9 Å². The molecule has 0 fully saturated rings. The Hall–Kier alpha value is -2.56. The first kappa shape index (κ1) is 13.9. The lowest BCUT2D eigenvalue weighted by atomic mass is 10.2. The number of amides is 2. The Balaban J connectivity index is 1.99. The highest BCUT2D eigenvalue weighted by molar-refractivity contribution is 5.99. The predicted octanol–water partition coefficient (Wildman–Crippen LogP) is 3.79. The largest absolute Gasteiger partial charge is 0.497 e. The number of carbonyl (C=O) groups excluding carboxylic acids is 1. The zero-order valence-corrected chi connectivity index (χ0v) is 11.2. The monoisotopic (exact) mass is 274 g/mol. The van der Waals surface area contributed by atoms with Gasteiger partial charge in [0.1, 0.15) is 11.6 Å². The van der Waals surface area contributed by atoms with Crippen LogP contribution in [-0.2, 0) is 0 Å². The van der Waals surface area contributed by atoms with Crippen molar-refractivity contribution in [2.75, 3.05) is 17.7 Å². The number of rotatable bonds is 3. The van der Waals surface area contributed by atoms with Crippen LogP contribution in [0.5, 0.6) is 5.75 Å². The summed E-state index contributed by atoms with van der Waals surface area (Å²) >= 11 is 0. The summed E-state index contributed by atoms with van der Waals surface area (Å²) in [7, 11) is 1.57.